The lowest BCUT2D eigenvalue weighted by Crippen LogP contribution is -2.00. The van der Waals surface area contributed by atoms with Crippen LogP contribution < -0.4 is 0 Å². The second-order valence-corrected chi connectivity index (χ2v) is 5.18. The van der Waals surface area contributed by atoms with E-state index in [1.807, 2.05) is 30.3 Å². The fourth-order valence-corrected chi connectivity index (χ4v) is 2.22. The Morgan fingerprint density at radius 2 is 1.89 bits per heavy atom. The van der Waals surface area contributed by atoms with Gasteiger partial charge in [-0.05, 0) is 17.9 Å². The standard InChI is InChI=1S/C16H22N2O/c1-4-5-11-18-16(19)14(15(17-18)12(2)3)13-9-7-6-8-10-13/h6-10,12,19H,4-5,11H2,1-3H3. The number of aromatic hydroxyl groups is 1. The fourth-order valence-electron chi connectivity index (χ4n) is 2.22. The summed E-state index contributed by atoms with van der Waals surface area (Å²) in [5.41, 5.74) is 2.89. The van der Waals surface area contributed by atoms with E-state index < -0.39 is 0 Å². The molecule has 0 fully saturated rings. The number of aromatic nitrogens is 2. The van der Waals surface area contributed by atoms with Gasteiger partial charge in [0, 0.05) is 6.54 Å². The van der Waals surface area contributed by atoms with Gasteiger partial charge in [0.05, 0.1) is 11.3 Å². The lowest BCUT2D eigenvalue weighted by Gasteiger charge is -2.05. The van der Waals surface area contributed by atoms with Gasteiger partial charge in [-0.2, -0.15) is 5.10 Å². The van der Waals surface area contributed by atoms with Crippen LogP contribution in [0.1, 0.15) is 45.2 Å². The topological polar surface area (TPSA) is 38.0 Å². The SMILES string of the molecule is CCCCn1nc(C(C)C)c(-c2ccccc2)c1O. The smallest absolute Gasteiger partial charge is 0.217 e. The number of hydrogen-bond acceptors (Lipinski definition) is 2. The maximum absolute atomic E-state index is 10.4. The quantitative estimate of drug-likeness (QED) is 0.873. The van der Waals surface area contributed by atoms with E-state index in [1.54, 1.807) is 4.68 Å². The predicted octanol–water partition coefficient (Wildman–Crippen LogP) is 4.18. The molecule has 0 saturated carbocycles. The fraction of sp³-hybridized carbons (Fsp3) is 0.438. The molecular formula is C16H22N2O. The summed E-state index contributed by atoms with van der Waals surface area (Å²) in [5, 5.41) is 15.0. The third-order valence-electron chi connectivity index (χ3n) is 3.29. The first-order chi connectivity index (χ1) is 9.15. The number of aryl methyl sites for hydroxylation is 1. The molecule has 1 aromatic heterocycles. The van der Waals surface area contributed by atoms with E-state index in [-0.39, 0.29) is 0 Å². The van der Waals surface area contributed by atoms with Crippen molar-refractivity contribution in [1.82, 2.24) is 9.78 Å². The summed E-state index contributed by atoms with van der Waals surface area (Å²) in [6.07, 6.45) is 2.12. The van der Waals surface area contributed by atoms with Crippen LogP contribution in [-0.2, 0) is 6.54 Å². The molecule has 0 aliphatic heterocycles. The monoisotopic (exact) mass is 258 g/mol. The highest BCUT2D eigenvalue weighted by Crippen LogP contribution is 2.36. The molecular weight excluding hydrogens is 236 g/mol. The van der Waals surface area contributed by atoms with Crippen molar-refractivity contribution in [3.8, 4) is 17.0 Å². The van der Waals surface area contributed by atoms with Crippen LogP contribution in [0.4, 0.5) is 0 Å². The van der Waals surface area contributed by atoms with Gasteiger partial charge in [-0.1, -0.05) is 57.5 Å². The Labute approximate surface area is 114 Å². The molecule has 3 heteroatoms. The molecule has 0 spiro atoms. The minimum atomic E-state index is 0.295. The molecule has 1 aromatic carbocycles. The van der Waals surface area contributed by atoms with Crippen LogP contribution in [0.15, 0.2) is 30.3 Å². The third-order valence-corrected chi connectivity index (χ3v) is 3.29. The van der Waals surface area contributed by atoms with Gasteiger partial charge in [0.25, 0.3) is 0 Å². The van der Waals surface area contributed by atoms with Crippen LogP contribution in [0, 0.1) is 0 Å². The first-order valence-electron chi connectivity index (χ1n) is 7.00. The molecule has 0 radical (unpaired) electrons. The Morgan fingerprint density at radius 3 is 2.47 bits per heavy atom. The third kappa shape index (κ3) is 2.80. The highest BCUT2D eigenvalue weighted by atomic mass is 16.3. The van der Waals surface area contributed by atoms with Crippen LogP contribution >= 0.6 is 0 Å². The zero-order valence-corrected chi connectivity index (χ0v) is 11.9. The van der Waals surface area contributed by atoms with Gasteiger partial charge in [-0.15, -0.1) is 0 Å². The molecule has 0 bridgehead atoms. The van der Waals surface area contributed by atoms with Gasteiger partial charge in [-0.3, -0.25) is 0 Å². The number of nitrogens with zero attached hydrogens (tertiary/aromatic N) is 2. The Hall–Kier alpha value is -1.77. The molecule has 0 saturated heterocycles. The van der Waals surface area contributed by atoms with Gasteiger partial charge >= 0.3 is 0 Å². The summed E-state index contributed by atoms with van der Waals surface area (Å²) in [6.45, 7) is 7.13. The first-order valence-corrected chi connectivity index (χ1v) is 7.00. The number of rotatable bonds is 5. The average molecular weight is 258 g/mol. The van der Waals surface area contributed by atoms with Crippen molar-refractivity contribution in [2.75, 3.05) is 0 Å². The van der Waals surface area contributed by atoms with Gasteiger partial charge in [0.2, 0.25) is 5.88 Å². The summed E-state index contributed by atoms with van der Waals surface area (Å²) in [4.78, 5) is 0. The molecule has 3 nitrogen and oxygen atoms in total. The van der Waals surface area contributed by atoms with E-state index >= 15 is 0 Å². The van der Waals surface area contributed by atoms with Crippen molar-refractivity contribution < 1.29 is 5.11 Å². The van der Waals surface area contributed by atoms with E-state index in [2.05, 4.69) is 25.9 Å². The second-order valence-electron chi connectivity index (χ2n) is 5.18. The van der Waals surface area contributed by atoms with Crippen LogP contribution in [0.5, 0.6) is 5.88 Å². The molecule has 19 heavy (non-hydrogen) atoms. The second kappa shape index (κ2) is 5.91. The van der Waals surface area contributed by atoms with Crippen LogP contribution in [0.2, 0.25) is 0 Å². The number of benzene rings is 1. The molecule has 2 rings (SSSR count). The molecule has 102 valence electrons. The molecule has 0 unspecified atom stereocenters. The van der Waals surface area contributed by atoms with Crippen molar-refractivity contribution >= 4 is 0 Å². The summed E-state index contributed by atoms with van der Waals surface area (Å²) in [6, 6.07) is 10.0. The normalized spacial score (nSPS) is 11.2. The van der Waals surface area contributed by atoms with E-state index in [9.17, 15) is 5.11 Å². The largest absolute Gasteiger partial charge is 0.493 e. The molecule has 1 N–H and O–H groups in total. The van der Waals surface area contributed by atoms with Crippen LogP contribution in [-0.4, -0.2) is 14.9 Å². The minimum absolute atomic E-state index is 0.295. The van der Waals surface area contributed by atoms with Crippen molar-refractivity contribution in [3.05, 3.63) is 36.0 Å². The highest BCUT2D eigenvalue weighted by molar-refractivity contribution is 5.71. The Balaban J connectivity index is 2.49. The molecule has 0 aliphatic carbocycles. The van der Waals surface area contributed by atoms with Gasteiger partial charge in [0.1, 0.15) is 0 Å². The lowest BCUT2D eigenvalue weighted by atomic mass is 10.00. The van der Waals surface area contributed by atoms with Gasteiger partial charge in [-0.25, -0.2) is 4.68 Å². The average Bonchev–Trinajstić information content (AvgIpc) is 2.75. The molecule has 0 aliphatic rings. The van der Waals surface area contributed by atoms with Gasteiger partial charge < -0.3 is 5.11 Å². The van der Waals surface area contributed by atoms with Crippen LogP contribution in [0.3, 0.4) is 0 Å². The van der Waals surface area contributed by atoms with Gasteiger partial charge in [0.15, 0.2) is 0 Å². The van der Waals surface area contributed by atoms with E-state index in [1.165, 1.54) is 0 Å². The molecule has 0 atom stereocenters. The lowest BCUT2D eigenvalue weighted by molar-refractivity contribution is 0.394. The summed E-state index contributed by atoms with van der Waals surface area (Å²) < 4.78 is 1.74. The van der Waals surface area contributed by atoms with Crippen molar-refractivity contribution in [1.29, 1.82) is 0 Å². The summed E-state index contributed by atoms with van der Waals surface area (Å²) in [5.74, 6) is 0.590. The Morgan fingerprint density at radius 1 is 1.21 bits per heavy atom. The molecule has 2 aromatic rings. The zero-order valence-electron chi connectivity index (χ0n) is 11.9. The maximum atomic E-state index is 10.4. The molecule has 1 heterocycles. The number of hydrogen-bond donors (Lipinski definition) is 1. The Bertz CT molecular complexity index is 529. The maximum Gasteiger partial charge on any atom is 0.217 e. The zero-order chi connectivity index (χ0) is 13.8. The predicted molar refractivity (Wildman–Crippen MR) is 78.3 cm³/mol. The highest BCUT2D eigenvalue weighted by Gasteiger charge is 2.20. The van der Waals surface area contributed by atoms with E-state index in [0.717, 1.165) is 36.2 Å². The van der Waals surface area contributed by atoms with Crippen molar-refractivity contribution in [3.63, 3.8) is 0 Å². The summed E-state index contributed by atoms with van der Waals surface area (Å²) >= 11 is 0. The summed E-state index contributed by atoms with van der Waals surface area (Å²) in [7, 11) is 0. The van der Waals surface area contributed by atoms with Crippen molar-refractivity contribution in [2.24, 2.45) is 0 Å². The number of unbranched alkanes of at least 4 members (excludes halogenated alkanes) is 1. The first kappa shape index (κ1) is 13.7. The molecule has 0 amide bonds. The van der Waals surface area contributed by atoms with E-state index in [4.69, 9.17) is 0 Å². The minimum Gasteiger partial charge on any atom is -0.493 e. The van der Waals surface area contributed by atoms with Crippen LogP contribution in [0.25, 0.3) is 11.1 Å². The van der Waals surface area contributed by atoms with Crippen molar-refractivity contribution in [2.45, 2.75) is 46.1 Å². The van der Waals surface area contributed by atoms with E-state index in [0.29, 0.717) is 11.8 Å². The Kier molecular flexibility index (Phi) is 4.25.